The summed E-state index contributed by atoms with van der Waals surface area (Å²) < 4.78 is 9.29. The van der Waals surface area contributed by atoms with E-state index in [-0.39, 0.29) is 5.97 Å². The monoisotopic (exact) mass is 160 g/mol. The first kappa shape index (κ1) is 9.94. The molecule has 0 aliphatic heterocycles. The highest BCUT2D eigenvalue weighted by Crippen LogP contribution is 2.01. The molecule has 0 heterocycles. The molecule has 2 atom stereocenters. The number of ether oxygens (including phenoxy) is 2. The third-order valence-corrected chi connectivity index (χ3v) is 1.28. The Morgan fingerprint density at radius 2 is 1.91 bits per heavy atom. The van der Waals surface area contributed by atoms with E-state index < -0.39 is 12.2 Å². The summed E-state index contributed by atoms with van der Waals surface area (Å²) in [4.78, 5) is 20.2. The lowest BCUT2D eigenvalue weighted by molar-refractivity contribution is -0.156. The van der Waals surface area contributed by atoms with Crippen molar-refractivity contribution in [3.8, 4) is 0 Å². The van der Waals surface area contributed by atoms with Crippen molar-refractivity contribution in [1.82, 2.24) is 0 Å². The minimum Gasteiger partial charge on any atom is -0.461 e. The van der Waals surface area contributed by atoms with Gasteiger partial charge in [-0.25, -0.2) is 0 Å². The van der Waals surface area contributed by atoms with Gasteiger partial charge in [0.1, 0.15) is 12.2 Å². The molecule has 4 heteroatoms. The molecule has 0 aliphatic carbocycles. The van der Waals surface area contributed by atoms with Gasteiger partial charge >= 0.3 is 5.97 Å². The highest BCUT2D eigenvalue weighted by molar-refractivity contribution is 5.66. The first-order valence-electron chi connectivity index (χ1n) is 3.34. The van der Waals surface area contributed by atoms with Crippen molar-refractivity contribution >= 4 is 12.4 Å². The summed E-state index contributed by atoms with van der Waals surface area (Å²) in [6.45, 7) is 4.96. The smallest absolute Gasteiger partial charge is 0.303 e. The molecule has 0 fully saturated rings. The molecule has 11 heavy (non-hydrogen) atoms. The molecular weight excluding hydrogens is 148 g/mol. The third kappa shape index (κ3) is 4.36. The van der Waals surface area contributed by atoms with E-state index in [0.717, 1.165) is 0 Å². The van der Waals surface area contributed by atoms with Crippen molar-refractivity contribution < 1.29 is 19.1 Å². The zero-order valence-electron chi connectivity index (χ0n) is 6.87. The molecular formula is C7H12O4. The standard InChI is InChI=1S/C7H12O4/c1-5(10-4-8)6(2)11-7(3)9/h4-6H,1-3H3/t5-,6+/m0/s1. The number of esters is 1. The van der Waals surface area contributed by atoms with Crippen LogP contribution in [0, 0.1) is 0 Å². The van der Waals surface area contributed by atoms with Crippen LogP contribution in [0.3, 0.4) is 0 Å². The molecule has 0 aliphatic rings. The van der Waals surface area contributed by atoms with Crippen LogP contribution in [0.4, 0.5) is 0 Å². The molecule has 0 unspecified atom stereocenters. The maximum absolute atomic E-state index is 10.4. The van der Waals surface area contributed by atoms with Gasteiger partial charge in [0.25, 0.3) is 6.47 Å². The van der Waals surface area contributed by atoms with Crippen LogP contribution in [0.25, 0.3) is 0 Å². The lowest BCUT2D eigenvalue weighted by atomic mass is 10.2. The molecule has 0 saturated heterocycles. The molecule has 0 N–H and O–H groups in total. The van der Waals surface area contributed by atoms with Gasteiger partial charge in [-0.3, -0.25) is 9.59 Å². The number of carbonyl (C=O) groups excluding carboxylic acids is 2. The largest absolute Gasteiger partial charge is 0.461 e. The fraction of sp³-hybridized carbons (Fsp3) is 0.714. The normalized spacial score (nSPS) is 14.8. The predicted octanol–water partition coefficient (Wildman–Crippen LogP) is 0.500. The van der Waals surface area contributed by atoms with Gasteiger partial charge < -0.3 is 9.47 Å². The van der Waals surface area contributed by atoms with Gasteiger partial charge in [0.05, 0.1) is 0 Å². The average Bonchev–Trinajstić information content (AvgIpc) is 1.86. The number of carbonyl (C=O) groups is 2. The maximum atomic E-state index is 10.4. The molecule has 0 aromatic carbocycles. The van der Waals surface area contributed by atoms with Crippen LogP contribution in [0.2, 0.25) is 0 Å². The SMILES string of the molecule is CC(=O)O[C@H](C)[C@H](C)OC=O. The van der Waals surface area contributed by atoms with Crippen molar-refractivity contribution in [2.75, 3.05) is 0 Å². The summed E-state index contributed by atoms with van der Waals surface area (Å²) in [7, 11) is 0. The van der Waals surface area contributed by atoms with Gasteiger partial charge in [0.2, 0.25) is 0 Å². The van der Waals surface area contributed by atoms with E-state index >= 15 is 0 Å². The van der Waals surface area contributed by atoms with Crippen LogP contribution < -0.4 is 0 Å². The summed E-state index contributed by atoms with van der Waals surface area (Å²) in [5.41, 5.74) is 0. The Hall–Kier alpha value is -1.06. The second-order valence-electron chi connectivity index (χ2n) is 2.25. The van der Waals surface area contributed by atoms with E-state index in [0.29, 0.717) is 6.47 Å². The Morgan fingerprint density at radius 3 is 2.27 bits per heavy atom. The van der Waals surface area contributed by atoms with Crippen LogP contribution >= 0.6 is 0 Å². The Bertz CT molecular complexity index is 143. The van der Waals surface area contributed by atoms with E-state index in [9.17, 15) is 9.59 Å². The topological polar surface area (TPSA) is 52.6 Å². The van der Waals surface area contributed by atoms with Gasteiger partial charge in [-0.05, 0) is 13.8 Å². The first-order valence-corrected chi connectivity index (χ1v) is 3.34. The van der Waals surface area contributed by atoms with Gasteiger partial charge in [0, 0.05) is 6.92 Å². The van der Waals surface area contributed by atoms with Crippen LogP contribution in [-0.2, 0) is 19.1 Å². The number of rotatable bonds is 4. The number of hydrogen-bond acceptors (Lipinski definition) is 4. The van der Waals surface area contributed by atoms with E-state index in [1.54, 1.807) is 13.8 Å². The number of hydrogen-bond donors (Lipinski definition) is 0. The maximum Gasteiger partial charge on any atom is 0.303 e. The lowest BCUT2D eigenvalue weighted by Crippen LogP contribution is -2.27. The zero-order valence-corrected chi connectivity index (χ0v) is 6.87. The fourth-order valence-corrected chi connectivity index (χ4v) is 0.556. The molecule has 0 aromatic rings. The van der Waals surface area contributed by atoms with Gasteiger partial charge in [-0.15, -0.1) is 0 Å². The molecule has 0 bridgehead atoms. The zero-order chi connectivity index (χ0) is 8.85. The minimum atomic E-state index is -0.392. The molecule has 0 spiro atoms. The molecule has 4 nitrogen and oxygen atoms in total. The van der Waals surface area contributed by atoms with Crippen molar-refractivity contribution in [1.29, 1.82) is 0 Å². The Labute approximate surface area is 65.5 Å². The van der Waals surface area contributed by atoms with Crippen molar-refractivity contribution in [2.45, 2.75) is 33.0 Å². The van der Waals surface area contributed by atoms with Gasteiger partial charge in [-0.1, -0.05) is 0 Å². The summed E-state index contributed by atoms with van der Waals surface area (Å²) in [5, 5.41) is 0. The summed E-state index contributed by atoms with van der Waals surface area (Å²) in [6, 6.07) is 0. The fourth-order valence-electron chi connectivity index (χ4n) is 0.556. The highest BCUT2D eigenvalue weighted by Gasteiger charge is 2.14. The molecule has 64 valence electrons. The van der Waals surface area contributed by atoms with E-state index in [1.165, 1.54) is 6.92 Å². The van der Waals surface area contributed by atoms with E-state index in [1.807, 2.05) is 0 Å². The van der Waals surface area contributed by atoms with Crippen molar-refractivity contribution in [3.05, 3.63) is 0 Å². The first-order chi connectivity index (χ1) is 5.07. The molecule has 0 amide bonds. The Balaban J connectivity index is 3.71. The van der Waals surface area contributed by atoms with Gasteiger partial charge in [-0.2, -0.15) is 0 Å². The molecule has 0 aromatic heterocycles. The summed E-state index contributed by atoms with van der Waals surface area (Å²) >= 11 is 0. The van der Waals surface area contributed by atoms with Crippen LogP contribution in [-0.4, -0.2) is 24.6 Å². The van der Waals surface area contributed by atoms with Gasteiger partial charge in [0.15, 0.2) is 0 Å². The average molecular weight is 160 g/mol. The van der Waals surface area contributed by atoms with Crippen LogP contribution in [0.15, 0.2) is 0 Å². The van der Waals surface area contributed by atoms with Crippen LogP contribution in [0.1, 0.15) is 20.8 Å². The third-order valence-electron chi connectivity index (χ3n) is 1.28. The Morgan fingerprint density at radius 1 is 1.36 bits per heavy atom. The molecule has 0 rings (SSSR count). The lowest BCUT2D eigenvalue weighted by Gasteiger charge is -2.17. The van der Waals surface area contributed by atoms with Crippen molar-refractivity contribution in [3.63, 3.8) is 0 Å². The van der Waals surface area contributed by atoms with E-state index in [4.69, 9.17) is 4.74 Å². The van der Waals surface area contributed by atoms with Crippen molar-refractivity contribution in [2.24, 2.45) is 0 Å². The Kier molecular flexibility index (Phi) is 4.26. The summed E-state index contributed by atoms with van der Waals surface area (Å²) in [6.07, 6.45) is -0.783. The second kappa shape index (κ2) is 4.71. The quantitative estimate of drug-likeness (QED) is 0.444. The summed E-state index contributed by atoms with van der Waals surface area (Å²) in [5.74, 6) is -0.376. The highest BCUT2D eigenvalue weighted by atomic mass is 16.6. The predicted molar refractivity (Wildman–Crippen MR) is 37.8 cm³/mol. The van der Waals surface area contributed by atoms with Crippen LogP contribution in [0.5, 0.6) is 0 Å². The molecule has 0 radical (unpaired) electrons. The molecule has 0 saturated carbocycles. The van der Waals surface area contributed by atoms with E-state index in [2.05, 4.69) is 4.74 Å². The minimum absolute atomic E-state index is 0.338. The second-order valence-corrected chi connectivity index (χ2v) is 2.25.